The average Bonchev–Trinajstić information content (AvgIpc) is 2.39. The van der Waals surface area contributed by atoms with Crippen molar-refractivity contribution < 1.29 is 9.47 Å². The SMILES string of the molecule is C.CC(=N)OC(=N)c1ccc(N2CCOCC2)cc1. The van der Waals surface area contributed by atoms with Crippen LogP contribution in [0.3, 0.4) is 0 Å². The van der Waals surface area contributed by atoms with E-state index in [1.54, 1.807) is 0 Å². The number of ether oxygens (including phenoxy) is 2. The molecule has 1 aromatic carbocycles. The Labute approximate surface area is 114 Å². The van der Waals surface area contributed by atoms with Crippen LogP contribution in [-0.4, -0.2) is 38.1 Å². The van der Waals surface area contributed by atoms with Crippen LogP contribution in [0.1, 0.15) is 19.9 Å². The van der Waals surface area contributed by atoms with Gasteiger partial charge in [-0.25, -0.2) is 0 Å². The summed E-state index contributed by atoms with van der Waals surface area (Å²) in [7, 11) is 0. The van der Waals surface area contributed by atoms with Gasteiger partial charge in [0.2, 0.25) is 5.90 Å². The summed E-state index contributed by atoms with van der Waals surface area (Å²) in [5.74, 6) is 0.0354. The molecule has 19 heavy (non-hydrogen) atoms. The molecule has 1 fully saturated rings. The van der Waals surface area contributed by atoms with E-state index in [2.05, 4.69) is 4.90 Å². The van der Waals surface area contributed by atoms with Crippen molar-refractivity contribution >= 4 is 17.5 Å². The van der Waals surface area contributed by atoms with Crippen molar-refractivity contribution in [1.29, 1.82) is 10.8 Å². The third-order valence-corrected chi connectivity index (χ3v) is 2.76. The molecule has 1 aliphatic heterocycles. The molecule has 1 aromatic rings. The molecule has 104 valence electrons. The van der Waals surface area contributed by atoms with Gasteiger partial charge in [0.15, 0.2) is 5.90 Å². The Hall–Kier alpha value is -1.88. The van der Waals surface area contributed by atoms with Gasteiger partial charge in [-0.05, 0) is 24.3 Å². The predicted octanol–water partition coefficient (Wildman–Crippen LogP) is 2.50. The molecule has 1 aliphatic rings. The number of rotatable bonds is 2. The first-order valence-corrected chi connectivity index (χ1v) is 5.91. The zero-order valence-electron chi connectivity index (χ0n) is 10.4. The van der Waals surface area contributed by atoms with Crippen LogP contribution in [0.15, 0.2) is 24.3 Å². The molecule has 5 heteroatoms. The van der Waals surface area contributed by atoms with E-state index < -0.39 is 0 Å². The van der Waals surface area contributed by atoms with Crippen LogP contribution >= 0.6 is 0 Å². The van der Waals surface area contributed by atoms with Crippen LogP contribution in [0.5, 0.6) is 0 Å². The minimum Gasteiger partial charge on any atom is -0.426 e. The molecule has 2 N–H and O–H groups in total. The van der Waals surface area contributed by atoms with Gasteiger partial charge in [0.05, 0.1) is 13.2 Å². The topological polar surface area (TPSA) is 69.4 Å². The first kappa shape index (κ1) is 15.2. The van der Waals surface area contributed by atoms with Gasteiger partial charge in [-0.1, -0.05) is 7.43 Å². The zero-order valence-corrected chi connectivity index (χ0v) is 10.4. The Balaban J connectivity index is 0.00000180. The van der Waals surface area contributed by atoms with Crippen molar-refractivity contribution in [2.24, 2.45) is 0 Å². The van der Waals surface area contributed by atoms with E-state index in [1.807, 2.05) is 24.3 Å². The highest BCUT2D eigenvalue weighted by molar-refractivity contribution is 5.98. The standard InChI is InChI=1S/C13H17N3O2.CH4/c1-10(14)18-13(15)11-2-4-12(5-3-11)16-6-8-17-9-7-16;/h2-5,14-15H,6-9H2,1H3;1H4. The lowest BCUT2D eigenvalue weighted by atomic mass is 10.2. The van der Waals surface area contributed by atoms with Crippen LogP contribution < -0.4 is 4.90 Å². The van der Waals surface area contributed by atoms with E-state index in [0.717, 1.165) is 32.0 Å². The fourth-order valence-electron chi connectivity index (χ4n) is 1.86. The summed E-state index contributed by atoms with van der Waals surface area (Å²) in [4.78, 5) is 2.25. The molecule has 1 saturated heterocycles. The summed E-state index contributed by atoms with van der Waals surface area (Å²) in [6.45, 7) is 4.82. The Morgan fingerprint density at radius 2 is 1.74 bits per heavy atom. The summed E-state index contributed by atoms with van der Waals surface area (Å²) in [6, 6.07) is 7.63. The van der Waals surface area contributed by atoms with E-state index in [1.165, 1.54) is 6.92 Å². The van der Waals surface area contributed by atoms with Crippen LogP contribution in [0, 0.1) is 10.8 Å². The summed E-state index contributed by atoms with van der Waals surface area (Å²) in [5, 5.41) is 14.9. The monoisotopic (exact) mass is 263 g/mol. The fraction of sp³-hybridized carbons (Fsp3) is 0.429. The van der Waals surface area contributed by atoms with Gasteiger partial charge in [0, 0.05) is 31.3 Å². The molecule has 0 aliphatic carbocycles. The van der Waals surface area contributed by atoms with Crippen molar-refractivity contribution in [1.82, 2.24) is 0 Å². The maximum atomic E-state index is 7.68. The highest BCUT2D eigenvalue weighted by Gasteiger charge is 2.11. The van der Waals surface area contributed by atoms with Gasteiger partial charge in [-0.3, -0.25) is 10.8 Å². The number of benzene rings is 1. The molecule has 0 unspecified atom stereocenters. The molecule has 0 bridgehead atoms. The number of hydrogen-bond donors (Lipinski definition) is 2. The van der Waals surface area contributed by atoms with E-state index in [9.17, 15) is 0 Å². The number of nitrogens with zero attached hydrogens (tertiary/aromatic N) is 1. The van der Waals surface area contributed by atoms with Crippen molar-refractivity contribution in [3.05, 3.63) is 29.8 Å². The summed E-state index contributed by atoms with van der Waals surface area (Å²) < 4.78 is 10.3. The average molecular weight is 263 g/mol. The summed E-state index contributed by atoms with van der Waals surface area (Å²) >= 11 is 0. The number of morpholine rings is 1. The third kappa shape index (κ3) is 4.06. The third-order valence-electron chi connectivity index (χ3n) is 2.76. The highest BCUT2D eigenvalue weighted by Crippen LogP contribution is 2.17. The molecule has 0 saturated carbocycles. The Kier molecular flexibility index (Phi) is 5.51. The first-order chi connectivity index (χ1) is 8.66. The van der Waals surface area contributed by atoms with Crippen molar-refractivity contribution in [2.45, 2.75) is 14.4 Å². The lowest BCUT2D eigenvalue weighted by Crippen LogP contribution is -2.36. The minimum atomic E-state index is 0. The van der Waals surface area contributed by atoms with E-state index in [-0.39, 0.29) is 19.2 Å². The van der Waals surface area contributed by atoms with E-state index in [4.69, 9.17) is 20.3 Å². The lowest BCUT2D eigenvalue weighted by molar-refractivity contribution is 0.122. The second-order valence-electron chi connectivity index (χ2n) is 4.13. The lowest BCUT2D eigenvalue weighted by Gasteiger charge is -2.28. The normalized spacial score (nSPS) is 14.5. The maximum Gasteiger partial charge on any atom is 0.220 e. The quantitative estimate of drug-likeness (QED) is 0.636. The predicted molar refractivity (Wildman–Crippen MR) is 77.5 cm³/mol. The number of nitrogens with one attached hydrogen (secondary N) is 2. The van der Waals surface area contributed by atoms with Gasteiger partial charge in [-0.15, -0.1) is 0 Å². The largest absolute Gasteiger partial charge is 0.426 e. The first-order valence-electron chi connectivity index (χ1n) is 5.91. The van der Waals surface area contributed by atoms with E-state index >= 15 is 0 Å². The molecular formula is C14H21N3O2. The number of anilines is 1. The van der Waals surface area contributed by atoms with Gasteiger partial charge < -0.3 is 14.4 Å². The second-order valence-corrected chi connectivity index (χ2v) is 4.13. The Morgan fingerprint density at radius 3 is 2.26 bits per heavy atom. The summed E-state index contributed by atoms with van der Waals surface area (Å²) in [5.41, 5.74) is 1.81. The van der Waals surface area contributed by atoms with Gasteiger partial charge in [0.1, 0.15) is 0 Å². The molecule has 2 rings (SSSR count). The minimum absolute atomic E-state index is 0. The van der Waals surface area contributed by atoms with Crippen LogP contribution in [0.4, 0.5) is 5.69 Å². The molecule has 0 atom stereocenters. The maximum absolute atomic E-state index is 7.68. The van der Waals surface area contributed by atoms with Crippen molar-refractivity contribution in [2.75, 3.05) is 31.2 Å². The van der Waals surface area contributed by atoms with Crippen molar-refractivity contribution in [3.8, 4) is 0 Å². The van der Waals surface area contributed by atoms with Crippen LogP contribution in [0.2, 0.25) is 0 Å². The Morgan fingerprint density at radius 1 is 1.16 bits per heavy atom. The molecule has 0 aromatic heterocycles. The molecule has 0 radical (unpaired) electrons. The van der Waals surface area contributed by atoms with Crippen LogP contribution in [-0.2, 0) is 9.47 Å². The molecule has 5 nitrogen and oxygen atoms in total. The van der Waals surface area contributed by atoms with Gasteiger partial charge >= 0.3 is 0 Å². The van der Waals surface area contributed by atoms with E-state index in [0.29, 0.717) is 5.56 Å². The molecule has 1 heterocycles. The molecule has 0 amide bonds. The second kappa shape index (κ2) is 6.89. The Bertz CT molecular complexity index is 437. The number of hydrogen-bond acceptors (Lipinski definition) is 5. The van der Waals surface area contributed by atoms with Crippen LogP contribution in [0.25, 0.3) is 0 Å². The fourth-order valence-corrected chi connectivity index (χ4v) is 1.86. The van der Waals surface area contributed by atoms with Gasteiger partial charge in [0.25, 0.3) is 0 Å². The molecule has 0 spiro atoms. The summed E-state index contributed by atoms with van der Waals surface area (Å²) in [6.07, 6.45) is 0. The van der Waals surface area contributed by atoms with Crippen molar-refractivity contribution in [3.63, 3.8) is 0 Å². The zero-order chi connectivity index (χ0) is 13.0. The highest BCUT2D eigenvalue weighted by atomic mass is 16.5. The van der Waals surface area contributed by atoms with Gasteiger partial charge in [-0.2, -0.15) is 0 Å². The smallest absolute Gasteiger partial charge is 0.220 e. The molecular weight excluding hydrogens is 242 g/mol.